The van der Waals surface area contributed by atoms with Crippen molar-refractivity contribution in [3.8, 4) is 6.07 Å². The van der Waals surface area contributed by atoms with E-state index in [1.807, 2.05) is 6.92 Å². The van der Waals surface area contributed by atoms with Crippen LogP contribution in [0.15, 0.2) is 23.8 Å². The van der Waals surface area contributed by atoms with Crippen LogP contribution in [0.3, 0.4) is 0 Å². The molecule has 0 saturated carbocycles. The third-order valence-corrected chi connectivity index (χ3v) is 3.77. The summed E-state index contributed by atoms with van der Waals surface area (Å²) in [5.74, 6) is 0. The Morgan fingerprint density at radius 3 is 2.53 bits per heavy atom. The summed E-state index contributed by atoms with van der Waals surface area (Å²) in [6, 6.07) is 2.52. The molecule has 1 aliphatic heterocycles. The molecule has 0 unspecified atom stereocenters. The van der Waals surface area contributed by atoms with Crippen LogP contribution >= 0.6 is 0 Å². The zero-order chi connectivity index (χ0) is 12.7. The van der Waals surface area contributed by atoms with Crippen LogP contribution in [0.4, 0.5) is 0 Å². The maximum absolute atomic E-state index is 9.24. The minimum atomic E-state index is -0.0442. The molecular formula is C15H24N2. The van der Waals surface area contributed by atoms with Crippen LogP contribution in [-0.4, -0.2) is 24.5 Å². The van der Waals surface area contributed by atoms with Gasteiger partial charge in [-0.2, -0.15) is 5.26 Å². The second-order valence-corrected chi connectivity index (χ2v) is 5.06. The molecule has 0 spiro atoms. The van der Waals surface area contributed by atoms with Gasteiger partial charge in [0.2, 0.25) is 0 Å². The Morgan fingerprint density at radius 1 is 1.41 bits per heavy atom. The van der Waals surface area contributed by atoms with Gasteiger partial charge in [0.05, 0.1) is 11.5 Å². The van der Waals surface area contributed by atoms with E-state index in [9.17, 15) is 5.26 Å². The lowest BCUT2D eigenvalue weighted by Crippen LogP contribution is -2.39. The predicted molar refractivity (Wildman–Crippen MR) is 72.6 cm³/mol. The maximum atomic E-state index is 9.24. The summed E-state index contributed by atoms with van der Waals surface area (Å²) >= 11 is 0. The van der Waals surface area contributed by atoms with Gasteiger partial charge in [0, 0.05) is 6.54 Å². The highest BCUT2D eigenvalue weighted by atomic mass is 15.1. The molecule has 2 heteroatoms. The van der Waals surface area contributed by atoms with Gasteiger partial charge in [-0.3, -0.25) is 4.90 Å². The molecule has 1 fully saturated rings. The third kappa shape index (κ3) is 4.02. The number of piperidine rings is 1. The van der Waals surface area contributed by atoms with Crippen LogP contribution in [0, 0.1) is 16.7 Å². The molecule has 94 valence electrons. The molecule has 0 aliphatic carbocycles. The van der Waals surface area contributed by atoms with Crippen LogP contribution in [0.2, 0.25) is 0 Å². The summed E-state index contributed by atoms with van der Waals surface area (Å²) in [7, 11) is 0. The highest BCUT2D eigenvalue weighted by Gasteiger charge is 2.32. The van der Waals surface area contributed by atoms with Gasteiger partial charge < -0.3 is 0 Å². The lowest BCUT2D eigenvalue weighted by Gasteiger charge is -2.36. The van der Waals surface area contributed by atoms with Crippen LogP contribution in [0.25, 0.3) is 0 Å². The summed E-state index contributed by atoms with van der Waals surface area (Å²) in [6.07, 6.45) is 9.35. The fourth-order valence-electron chi connectivity index (χ4n) is 2.35. The average molecular weight is 232 g/mol. The summed E-state index contributed by atoms with van der Waals surface area (Å²) < 4.78 is 0. The number of allylic oxidation sites excluding steroid dienone is 3. The molecule has 0 aromatic heterocycles. The summed E-state index contributed by atoms with van der Waals surface area (Å²) in [4.78, 5) is 2.46. The molecular weight excluding hydrogens is 208 g/mol. The Hall–Kier alpha value is -1.07. The van der Waals surface area contributed by atoms with E-state index in [0.717, 1.165) is 38.9 Å². The van der Waals surface area contributed by atoms with Crippen molar-refractivity contribution in [2.45, 2.75) is 40.0 Å². The van der Waals surface area contributed by atoms with Crippen LogP contribution in [0.1, 0.15) is 40.0 Å². The fourth-order valence-corrected chi connectivity index (χ4v) is 2.35. The molecule has 0 N–H and O–H groups in total. The summed E-state index contributed by atoms with van der Waals surface area (Å²) in [5.41, 5.74) is 1.35. The molecule has 1 saturated heterocycles. The van der Waals surface area contributed by atoms with Crippen molar-refractivity contribution in [3.63, 3.8) is 0 Å². The van der Waals surface area contributed by atoms with Crippen LogP contribution in [0.5, 0.6) is 0 Å². The first-order chi connectivity index (χ1) is 8.15. The molecule has 1 aliphatic rings. The van der Waals surface area contributed by atoms with Gasteiger partial charge in [-0.05, 0) is 46.2 Å². The molecule has 0 bridgehead atoms. The Kier molecular flexibility index (Phi) is 5.44. The van der Waals surface area contributed by atoms with E-state index in [1.165, 1.54) is 5.57 Å². The largest absolute Gasteiger partial charge is 0.299 e. The van der Waals surface area contributed by atoms with E-state index in [4.69, 9.17) is 0 Å². The highest BCUT2D eigenvalue weighted by Crippen LogP contribution is 2.33. The van der Waals surface area contributed by atoms with Gasteiger partial charge >= 0.3 is 0 Å². The maximum Gasteiger partial charge on any atom is 0.0690 e. The van der Waals surface area contributed by atoms with Gasteiger partial charge in [0.15, 0.2) is 0 Å². The molecule has 17 heavy (non-hydrogen) atoms. The topological polar surface area (TPSA) is 27.0 Å². The van der Waals surface area contributed by atoms with Crippen molar-refractivity contribution in [1.29, 1.82) is 5.26 Å². The minimum absolute atomic E-state index is 0.0442. The van der Waals surface area contributed by atoms with Gasteiger partial charge in [-0.15, -0.1) is 0 Å². The molecule has 0 atom stereocenters. The number of rotatable bonds is 4. The molecule has 0 aromatic rings. The van der Waals surface area contributed by atoms with Gasteiger partial charge in [0.1, 0.15) is 0 Å². The Bertz CT molecular complexity index is 325. The molecule has 0 radical (unpaired) electrons. The average Bonchev–Trinajstić information content (AvgIpc) is 2.38. The van der Waals surface area contributed by atoms with Gasteiger partial charge in [-0.1, -0.05) is 30.7 Å². The summed E-state index contributed by atoms with van der Waals surface area (Å²) in [5, 5.41) is 9.24. The van der Waals surface area contributed by atoms with Crippen molar-refractivity contribution in [1.82, 2.24) is 4.90 Å². The predicted octanol–water partition coefficient (Wildman–Crippen LogP) is 3.52. The Morgan fingerprint density at radius 2 is 2.06 bits per heavy atom. The monoisotopic (exact) mass is 232 g/mol. The Labute approximate surface area is 106 Å². The number of nitrogens with zero attached hydrogens (tertiary/aromatic N) is 2. The first kappa shape index (κ1) is 14.0. The number of hydrogen-bond acceptors (Lipinski definition) is 2. The van der Waals surface area contributed by atoms with Crippen molar-refractivity contribution < 1.29 is 0 Å². The first-order valence-electron chi connectivity index (χ1n) is 6.58. The zero-order valence-corrected chi connectivity index (χ0v) is 11.4. The smallest absolute Gasteiger partial charge is 0.0690 e. The number of nitriles is 1. The second-order valence-electron chi connectivity index (χ2n) is 5.06. The molecule has 0 aromatic carbocycles. The minimum Gasteiger partial charge on any atom is -0.299 e. The standard InChI is InChI=1S/C15H24N2/c1-4-6-7-14(3)12-17-10-8-15(5-2,13-16)9-11-17/h4,6-7H,5,8-12H2,1-3H3/b6-4-,14-7+. The Balaban J connectivity index is 2.45. The molecule has 2 nitrogen and oxygen atoms in total. The van der Waals surface area contributed by atoms with E-state index in [0.29, 0.717) is 0 Å². The second kappa shape index (κ2) is 6.61. The van der Waals surface area contributed by atoms with Crippen LogP contribution < -0.4 is 0 Å². The van der Waals surface area contributed by atoms with E-state index < -0.39 is 0 Å². The first-order valence-corrected chi connectivity index (χ1v) is 6.58. The van der Waals surface area contributed by atoms with E-state index in [-0.39, 0.29) is 5.41 Å². The van der Waals surface area contributed by atoms with E-state index in [1.54, 1.807) is 0 Å². The van der Waals surface area contributed by atoms with Crippen LogP contribution in [-0.2, 0) is 0 Å². The van der Waals surface area contributed by atoms with Gasteiger partial charge in [-0.25, -0.2) is 0 Å². The van der Waals surface area contributed by atoms with Crippen molar-refractivity contribution in [2.24, 2.45) is 5.41 Å². The molecule has 1 heterocycles. The van der Waals surface area contributed by atoms with Gasteiger partial charge in [0.25, 0.3) is 0 Å². The lowest BCUT2D eigenvalue weighted by atomic mass is 9.77. The summed E-state index contributed by atoms with van der Waals surface area (Å²) in [6.45, 7) is 9.50. The van der Waals surface area contributed by atoms with Crippen molar-refractivity contribution in [3.05, 3.63) is 23.8 Å². The third-order valence-electron chi connectivity index (χ3n) is 3.77. The SMILES string of the molecule is C/C=C\C=C(/C)CN1CCC(C#N)(CC)CC1. The van der Waals surface area contributed by atoms with E-state index in [2.05, 4.69) is 43.0 Å². The van der Waals surface area contributed by atoms with Crippen molar-refractivity contribution in [2.75, 3.05) is 19.6 Å². The van der Waals surface area contributed by atoms with Crippen molar-refractivity contribution >= 4 is 0 Å². The highest BCUT2D eigenvalue weighted by molar-refractivity contribution is 5.12. The number of hydrogen-bond donors (Lipinski definition) is 0. The number of likely N-dealkylation sites (tertiary alicyclic amines) is 1. The zero-order valence-electron chi connectivity index (χ0n) is 11.4. The normalized spacial score (nSPS) is 21.6. The quantitative estimate of drug-likeness (QED) is 0.693. The van der Waals surface area contributed by atoms with E-state index >= 15 is 0 Å². The fraction of sp³-hybridized carbons (Fsp3) is 0.667. The molecule has 1 rings (SSSR count). The lowest BCUT2D eigenvalue weighted by molar-refractivity contribution is 0.151. The molecule has 0 amide bonds.